The second-order valence-electron chi connectivity index (χ2n) is 10.3. The third kappa shape index (κ3) is 4.97. The largest absolute Gasteiger partial charge is 0.454 e. The molecule has 1 aliphatic carbocycles. The highest BCUT2D eigenvalue weighted by atomic mass is 16.7. The van der Waals surface area contributed by atoms with Crippen LogP contribution in [0.15, 0.2) is 66.8 Å². The minimum atomic E-state index is 0.317. The van der Waals surface area contributed by atoms with Gasteiger partial charge in [-0.15, -0.1) is 0 Å². The van der Waals surface area contributed by atoms with Gasteiger partial charge in [0, 0.05) is 30.3 Å². The summed E-state index contributed by atoms with van der Waals surface area (Å²) in [6.07, 6.45) is 15.1. The lowest BCUT2D eigenvalue weighted by Crippen LogP contribution is -2.34. The van der Waals surface area contributed by atoms with Gasteiger partial charge in [-0.25, -0.2) is 4.98 Å². The molecular formula is C32H37N3O2. The number of likely N-dealkylation sites (tertiary alicyclic amines) is 1. The fourth-order valence-corrected chi connectivity index (χ4v) is 5.90. The Morgan fingerprint density at radius 2 is 1.89 bits per heavy atom. The van der Waals surface area contributed by atoms with Crippen LogP contribution in [0.25, 0.3) is 16.8 Å². The van der Waals surface area contributed by atoms with Crippen molar-refractivity contribution in [2.75, 3.05) is 13.3 Å². The van der Waals surface area contributed by atoms with Crippen LogP contribution in [-0.2, 0) is 13.1 Å². The van der Waals surface area contributed by atoms with Crippen LogP contribution in [0.2, 0.25) is 0 Å². The Bertz CT molecular complexity index is 1290. The Morgan fingerprint density at radius 1 is 1.00 bits per heavy atom. The fourth-order valence-electron chi connectivity index (χ4n) is 5.90. The van der Waals surface area contributed by atoms with Crippen LogP contribution < -0.4 is 9.47 Å². The first-order chi connectivity index (χ1) is 18.3. The Hall–Kier alpha value is -3.31. The summed E-state index contributed by atoms with van der Waals surface area (Å²) in [5, 5.41) is 0. The highest BCUT2D eigenvalue weighted by molar-refractivity contribution is 5.74. The van der Waals surface area contributed by atoms with Crippen molar-refractivity contribution >= 4 is 5.57 Å². The summed E-state index contributed by atoms with van der Waals surface area (Å²) < 4.78 is 13.8. The van der Waals surface area contributed by atoms with Gasteiger partial charge in [-0.2, -0.15) is 0 Å². The minimum Gasteiger partial charge on any atom is -0.454 e. The Labute approximate surface area is 220 Å². The normalized spacial score (nSPS) is 19.3. The number of hydrogen-bond acceptors (Lipinski definition) is 4. The molecule has 1 aromatic heterocycles. The summed E-state index contributed by atoms with van der Waals surface area (Å²) in [5.74, 6) is 2.85. The van der Waals surface area contributed by atoms with Crippen LogP contribution in [-0.4, -0.2) is 27.8 Å². The number of aromatic nitrogens is 2. The van der Waals surface area contributed by atoms with Gasteiger partial charge < -0.3 is 14.0 Å². The predicted octanol–water partition coefficient (Wildman–Crippen LogP) is 7.54. The number of nitrogens with zero attached hydrogens (tertiary/aromatic N) is 3. The Morgan fingerprint density at radius 3 is 2.73 bits per heavy atom. The van der Waals surface area contributed by atoms with Crippen molar-refractivity contribution in [3.8, 4) is 22.8 Å². The van der Waals surface area contributed by atoms with E-state index in [-0.39, 0.29) is 0 Å². The molecule has 0 amide bonds. The molecule has 1 unspecified atom stereocenters. The Kier molecular flexibility index (Phi) is 7.13. The van der Waals surface area contributed by atoms with Crippen molar-refractivity contribution in [3.05, 3.63) is 83.8 Å². The monoisotopic (exact) mass is 495 g/mol. The summed E-state index contributed by atoms with van der Waals surface area (Å²) in [7, 11) is 0. The maximum absolute atomic E-state index is 5.73. The zero-order chi connectivity index (χ0) is 25.0. The molecule has 0 bridgehead atoms. The smallest absolute Gasteiger partial charge is 0.231 e. The Balaban J connectivity index is 1.41. The van der Waals surface area contributed by atoms with E-state index in [0.717, 1.165) is 74.8 Å². The fraction of sp³-hybridized carbons (Fsp3) is 0.406. The quantitative estimate of drug-likeness (QED) is 0.324. The van der Waals surface area contributed by atoms with E-state index in [2.05, 4.69) is 83.1 Å². The number of unbranched alkanes of at least 4 members (excludes halogenated alkanes) is 1. The van der Waals surface area contributed by atoms with E-state index >= 15 is 0 Å². The average molecular weight is 496 g/mol. The summed E-state index contributed by atoms with van der Waals surface area (Å²) in [6.45, 7) is 5.56. The molecule has 0 spiro atoms. The molecule has 3 aromatic rings. The van der Waals surface area contributed by atoms with Gasteiger partial charge in [0.1, 0.15) is 5.82 Å². The second kappa shape index (κ2) is 11.0. The van der Waals surface area contributed by atoms with E-state index in [9.17, 15) is 0 Å². The zero-order valence-corrected chi connectivity index (χ0v) is 21.9. The second-order valence-corrected chi connectivity index (χ2v) is 10.3. The van der Waals surface area contributed by atoms with Crippen LogP contribution in [0.5, 0.6) is 11.5 Å². The van der Waals surface area contributed by atoms with Crippen molar-refractivity contribution in [1.29, 1.82) is 0 Å². The van der Waals surface area contributed by atoms with E-state index in [1.54, 1.807) is 0 Å². The molecule has 6 rings (SSSR count). The molecular weight excluding hydrogens is 458 g/mol. The molecule has 0 saturated carbocycles. The van der Waals surface area contributed by atoms with Gasteiger partial charge in [-0.1, -0.05) is 74.4 Å². The maximum Gasteiger partial charge on any atom is 0.231 e. The maximum atomic E-state index is 5.73. The van der Waals surface area contributed by atoms with Crippen LogP contribution in [0.1, 0.15) is 75.0 Å². The van der Waals surface area contributed by atoms with Crippen LogP contribution >= 0.6 is 0 Å². The van der Waals surface area contributed by atoms with E-state index in [0.29, 0.717) is 12.8 Å². The lowest BCUT2D eigenvalue weighted by molar-refractivity contribution is 0.137. The van der Waals surface area contributed by atoms with Crippen molar-refractivity contribution in [2.45, 2.75) is 71.0 Å². The summed E-state index contributed by atoms with van der Waals surface area (Å²) in [6, 6.07) is 17.6. The molecule has 1 fully saturated rings. The average Bonchev–Trinajstić information content (AvgIpc) is 3.57. The molecule has 3 heterocycles. The molecule has 1 atom stereocenters. The van der Waals surface area contributed by atoms with Gasteiger partial charge in [0.2, 0.25) is 6.79 Å². The number of ether oxygens (including phenoxy) is 2. The third-order valence-corrected chi connectivity index (χ3v) is 7.86. The number of allylic oxidation sites excluding steroid dienone is 4. The number of benzene rings is 2. The first kappa shape index (κ1) is 24.1. The SMILES string of the molecule is CCCCn1c(C2=CCCC=C2)nc(-c2ccccc2)c1CN1CCCCC1c1ccc2c(c1)OCO2. The summed E-state index contributed by atoms with van der Waals surface area (Å²) in [5.41, 5.74) is 6.24. The highest BCUT2D eigenvalue weighted by Gasteiger charge is 2.29. The van der Waals surface area contributed by atoms with Crippen molar-refractivity contribution in [1.82, 2.24) is 14.5 Å². The minimum absolute atomic E-state index is 0.317. The molecule has 5 nitrogen and oxygen atoms in total. The number of rotatable bonds is 8. The van der Waals surface area contributed by atoms with E-state index < -0.39 is 0 Å². The predicted molar refractivity (Wildman–Crippen MR) is 148 cm³/mol. The summed E-state index contributed by atoms with van der Waals surface area (Å²) >= 11 is 0. The molecule has 37 heavy (non-hydrogen) atoms. The molecule has 2 aliphatic heterocycles. The molecule has 192 valence electrons. The number of hydrogen-bond donors (Lipinski definition) is 0. The van der Waals surface area contributed by atoms with E-state index in [1.165, 1.54) is 35.2 Å². The van der Waals surface area contributed by atoms with E-state index in [1.807, 2.05) is 0 Å². The van der Waals surface area contributed by atoms with Gasteiger partial charge in [0.15, 0.2) is 11.5 Å². The van der Waals surface area contributed by atoms with Gasteiger partial charge in [-0.3, -0.25) is 4.90 Å². The summed E-state index contributed by atoms with van der Waals surface area (Å²) in [4.78, 5) is 8.02. The molecule has 1 saturated heterocycles. The number of fused-ring (bicyclic) bond motifs is 1. The molecule has 2 aromatic carbocycles. The molecule has 0 N–H and O–H groups in total. The number of piperidine rings is 1. The standard InChI is InChI=1S/C32H37N3O2/c1-2-3-20-35-28(31(24-12-6-4-7-13-24)33-32(35)25-14-8-5-9-15-25)22-34-19-11-10-16-27(34)26-17-18-29-30(21-26)37-23-36-29/h4,6-8,12-15,17-18,21,27H,2-3,5,9-11,16,19-20,22-23H2,1H3. The van der Waals surface area contributed by atoms with Crippen LogP contribution in [0.4, 0.5) is 0 Å². The first-order valence-electron chi connectivity index (χ1n) is 14.0. The van der Waals surface area contributed by atoms with Gasteiger partial charge in [0.25, 0.3) is 0 Å². The molecule has 3 aliphatic rings. The van der Waals surface area contributed by atoms with Gasteiger partial charge >= 0.3 is 0 Å². The van der Waals surface area contributed by atoms with Crippen molar-refractivity contribution < 1.29 is 9.47 Å². The van der Waals surface area contributed by atoms with Crippen molar-refractivity contribution in [3.63, 3.8) is 0 Å². The topological polar surface area (TPSA) is 39.5 Å². The van der Waals surface area contributed by atoms with Crippen LogP contribution in [0, 0.1) is 0 Å². The van der Waals surface area contributed by atoms with Crippen molar-refractivity contribution in [2.24, 2.45) is 0 Å². The first-order valence-corrected chi connectivity index (χ1v) is 14.0. The number of imidazole rings is 1. The lowest BCUT2D eigenvalue weighted by atomic mass is 9.94. The highest BCUT2D eigenvalue weighted by Crippen LogP contribution is 2.40. The third-order valence-electron chi connectivity index (χ3n) is 7.86. The van der Waals surface area contributed by atoms with Crippen LogP contribution in [0.3, 0.4) is 0 Å². The molecule has 5 heteroatoms. The van der Waals surface area contributed by atoms with E-state index in [4.69, 9.17) is 14.5 Å². The van der Waals surface area contributed by atoms with Gasteiger partial charge in [-0.05, 0) is 56.3 Å². The lowest BCUT2D eigenvalue weighted by Gasteiger charge is -2.36. The zero-order valence-electron chi connectivity index (χ0n) is 21.9. The van der Waals surface area contributed by atoms with Gasteiger partial charge in [0.05, 0.1) is 11.4 Å². The molecule has 0 radical (unpaired) electrons.